The molecular weight excluding hydrogens is 245 g/mol. The molecule has 0 aliphatic heterocycles. The van der Waals surface area contributed by atoms with Crippen molar-refractivity contribution in [3.05, 3.63) is 34.9 Å². The van der Waals surface area contributed by atoms with Crippen molar-refractivity contribution in [2.45, 2.75) is 25.4 Å². The van der Waals surface area contributed by atoms with Crippen LogP contribution in [-0.4, -0.2) is 19.3 Å². The molecule has 5 heteroatoms. The molecular formula is C13H13F3O2. The number of carbonyl (C=O) groups is 1. The minimum Gasteiger partial charge on any atom is -0.465 e. The average molecular weight is 258 g/mol. The Hall–Kier alpha value is -1.52. The van der Waals surface area contributed by atoms with Crippen LogP contribution in [0.1, 0.15) is 33.8 Å². The summed E-state index contributed by atoms with van der Waals surface area (Å²) in [5.41, 5.74) is 1.68. The second-order valence-corrected chi connectivity index (χ2v) is 4.56. The summed E-state index contributed by atoms with van der Waals surface area (Å²) in [6.07, 6.45) is -3.99. The van der Waals surface area contributed by atoms with E-state index in [1.807, 2.05) is 0 Å². The number of methoxy groups -OCH3 is 1. The second kappa shape index (κ2) is 4.30. The van der Waals surface area contributed by atoms with Gasteiger partial charge in [-0.2, -0.15) is 13.2 Å². The highest BCUT2D eigenvalue weighted by Gasteiger charge is 2.56. The quantitative estimate of drug-likeness (QED) is 0.759. The van der Waals surface area contributed by atoms with Crippen LogP contribution in [0.4, 0.5) is 13.2 Å². The van der Waals surface area contributed by atoms with Crippen molar-refractivity contribution in [2.75, 3.05) is 7.11 Å². The molecule has 1 aliphatic carbocycles. The van der Waals surface area contributed by atoms with Crippen LogP contribution in [0.15, 0.2) is 18.2 Å². The molecule has 1 fully saturated rings. The molecule has 0 spiro atoms. The first-order valence-corrected chi connectivity index (χ1v) is 5.60. The molecule has 0 saturated heterocycles. The Labute approximate surface area is 103 Å². The molecule has 0 N–H and O–H groups in total. The molecule has 1 saturated carbocycles. The Morgan fingerprint density at radius 1 is 1.39 bits per heavy atom. The van der Waals surface area contributed by atoms with E-state index in [9.17, 15) is 18.0 Å². The van der Waals surface area contributed by atoms with Crippen LogP contribution in [0.3, 0.4) is 0 Å². The largest absolute Gasteiger partial charge is 0.465 e. The van der Waals surface area contributed by atoms with E-state index in [1.54, 1.807) is 19.1 Å². The summed E-state index contributed by atoms with van der Waals surface area (Å²) >= 11 is 0. The molecule has 0 bridgehead atoms. The van der Waals surface area contributed by atoms with Gasteiger partial charge in [-0.1, -0.05) is 12.1 Å². The van der Waals surface area contributed by atoms with Gasteiger partial charge in [0.1, 0.15) is 0 Å². The third-order valence-electron chi connectivity index (χ3n) is 3.29. The number of ether oxygens (including phenoxy) is 1. The van der Waals surface area contributed by atoms with Gasteiger partial charge in [0.25, 0.3) is 0 Å². The van der Waals surface area contributed by atoms with Crippen molar-refractivity contribution in [3.8, 4) is 0 Å². The summed E-state index contributed by atoms with van der Waals surface area (Å²) in [5.74, 6) is -2.17. The molecule has 2 rings (SSSR count). The zero-order valence-corrected chi connectivity index (χ0v) is 10.0. The summed E-state index contributed by atoms with van der Waals surface area (Å²) < 4.78 is 42.0. The zero-order chi connectivity index (χ0) is 13.5. The maximum absolute atomic E-state index is 12.5. The number of esters is 1. The van der Waals surface area contributed by atoms with Gasteiger partial charge in [0, 0.05) is 0 Å². The van der Waals surface area contributed by atoms with E-state index in [2.05, 4.69) is 4.74 Å². The highest BCUT2D eigenvalue weighted by atomic mass is 19.4. The SMILES string of the molecule is COC(=O)c1ccc([C@@H]2C[C@H]2C(F)(F)F)cc1C. The Kier molecular flexibility index (Phi) is 3.09. The fraction of sp³-hybridized carbons (Fsp3) is 0.462. The molecule has 0 amide bonds. The molecule has 0 heterocycles. The van der Waals surface area contributed by atoms with Gasteiger partial charge >= 0.3 is 12.1 Å². The predicted molar refractivity (Wildman–Crippen MR) is 59.4 cm³/mol. The molecule has 0 radical (unpaired) electrons. The fourth-order valence-electron chi connectivity index (χ4n) is 2.18. The van der Waals surface area contributed by atoms with E-state index in [1.165, 1.54) is 13.2 Å². The fourth-order valence-corrected chi connectivity index (χ4v) is 2.18. The van der Waals surface area contributed by atoms with Gasteiger partial charge in [-0.05, 0) is 36.5 Å². The third-order valence-corrected chi connectivity index (χ3v) is 3.29. The zero-order valence-electron chi connectivity index (χ0n) is 10.0. The number of carbonyl (C=O) groups excluding carboxylic acids is 1. The van der Waals surface area contributed by atoms with Crippen LogP contribution >= 0.6 is 0 Å². The van der Waals surface area contributed by atoms with Crippen molar-refractivity contribution in [1.82, 2.24) is 0 Å². The van der Waals surface area contributed by atoms with E-state index in [0.717, 1.165) is 0 Å². The summed E-state index contributed by atoms with van der Waals surface area (Å²) in [7, 11) is 1.27. The van der Waals surface area contributed by atoms with Crippen molar-refractivity contribution in [1.29, 1.82) is 0 Å². The molecule has 2 atom stereocenters. The topological polar surface area (TPSA) is 26.3 Å². The van der Waals surface area contributed by atoms with Crippen molar-refractivity contribution in [2.24, 2.45) is 5.92 Å². The third kappa shape index (κ3) is 2.35. The molecule has 18 heavy (non-hydrogen) atoms. The maximum Gasteiger partial charge on any atom is 0.392 e. The van der Waals surface area contributed by atoms with Crippen LogP contribution in [0.25, 0.3) is 0 Å². The minimum atomic E-state index is -4.13. The van der Waals surface area contributed by atoms with Gasteiger partial charge in [0.05, 0.1) is 18.6 Å². The highest BCUT2D eigenvalue weighted by molar-refractivity contribution is 5.91. The normalized spacial score (nSPS) is 22.7. The number of hydrogen-bond donors (Lipinski definition) is 0. The van der Waals surface area contributed by atoms with E-state index >= 15 is 0 Å². The second-order valence-electron chi connectivity index (χ2n) is 4.56. The van der Waals surface area contributed by atoms with Crippen LogP contribution in [0.2, 0.25) is 0 Å². The van der Waals surface area contributed by atoms with Crippen LogP contribution in [0.5, 0.6) is 0 Å². The van der Waals surface area contributed by atoms with E-state index in [4.69, 9.17) is 0 Å². The molecule has 1 aromatic carbocycles. The van der Waals surface area contributed by atoms with Crippen LogP contribution < -0.4 is 0 Å². The van der Waals surface area contributed by atoms with E-state index in [0.29, 0.717) is 16.7 Å². The van der Waals surface area contributed by atoms with Crippen molar-refractivity contribution >= 4 is 5.97 Å². The Morgan fingerprint density at radius 3 is 2.50 bits per heavy atom. The molecule has 1 aliphatic rings. The smallest absolute Gasteiger partial charge is 0.392 e. The van der Waals surface area contributed by atoms with Gasteiger partial charge in [0.15, 0.2) is 0 Å². The maximum atomic E-state index is 12.5. The van der Waals surface area contributed by atoms with E-state index < -0.39 is 24.0 Å². The molecule has 1 aromatic rings. The lowest BCUT2D eigenvalue weighted by Gasteiger charge is -2.08. The lowest BCUT2D eigenvalue weighted by molar-refractivity contribution is -0.148. The van der Waals surface area contributed by atoms with Gasteiger partial charge in [0.2, 0.25) is 0 Å². The standard InChI is InChI=1S/C13H13F3O2/c1-7-5-8(3-4-9(7)12(17)18-2)10-6-11(10)13(14,15)16/h3-5,10-11H,6H2,1-2H3/t10-,11+/m0/s1. The predicted octanol–water partition coefficient (Wildman–Crippen LogP) is 3.45. The van der Waals surface area contributed by atoms with Crippen LogP contribution in [-0.2, 0) is 4.74 Å². The van der Waals surface area contributed by atoms with Crippen LogP contribution in [0, 0.1) is 12.8 Å². The molecule has 2 nitrogen and oxygen atoms in total. The Balaban J connectivity index is 2.19. The Morgan fingerprint density at radius 2 is 2.06 bits per heavy atom. The monoisotopic (exact) mass is 258 g/mol. The molecule has 0 aromatic heterocycles. The number of halogens is 3. The van der Waals surface area contributed by atoms with Gasteiger partial charge in [-0.15, -0.1) is 0 Å². The number of benzene rings is 1. The number of alkyl halides is 3. The number of hydrogen-bond acceptors (Lipinski definition) is 2. The van der Waals surface area contributed by atoms with Gasteiger partial charge in [-0.25, -0.2) is 4.79 Å². The van der Waals surface area contributed by atoms with Crippen molar-refractivity contribution in [3.63, 3.8) is 0 Å². The number of rotatable bonds is 2. The first kappa shape index (κ1) is 12.9. The van der Waals surface area contributed by atoms with Gasteiger partial charge in [-0.3, -0.25) is 0 Å². The summed E-state index contributed by atoms with van der Waals surface area (Å²) in [6.45, 7) is 1.70. The summed E-state index contributed by atoms with van der Waals surface area (Å²) in [6, 6.07) is 4.75. The lowest BCUT2D eigenvalue weighted by atomic mass is 10.0. The van der Waals surface area contributed by atoms with Crippen molar-refractivity contribution < 1.29 is 22.7 Å². The Bertz CT molecular complexity index is 480. The first-order chi connectivity index (χ1) is 8.34. The first-order valence-electron chi connectivity index (χ1n) is 5.60. The van der Waals surface area contributed by atoms with Gasteiger partial charge < -0.3 is 4.74 Å². The highest BCUT2D eigenvalue weighted by Crippen LogP contribution is 2.56. The number of aryl methyl sites for hydroxylation is 1. The summed E-state index contributed by atoms with van der Waals surface area (Å²) in [4.78, 5) is 11.4. The van der Waals surface area contributed by atoms with E-state index in [-0.39, 0.29) is 6.42 Å². The average Bonchev–Trinajstić information content (AvgIpc) is 3.07. The molecule has 98 valence electrons. The lowest BCUT2D eigenvalue weighted by Crippen LogP contribution is -2.11. The summed E-state index contributed by atoms with van der Waals surface area (Å²) in [5, 5.41) is 0. The molecule has 0 unspecified atom stereocenters. The minimum absolute atomic E-state index is 0.139.